The van der Waals surface area contributed by atoms with Crippen molar-refractivity contribution in [3.05, 3.63) is 23.8 Å². The van der Waals surface area contributed by atoms with Crippen molar-refractivity contribution in [2.45, 2.75) is 25.4 Å². The predicted octanol–water partition coefficient (Wildman–Crippen LogP) is 1.08. The summed E-state index contributed by atoms with van der Waals surface area (Å²) in [7, 11) is 0. The average Bonchev–Trinajstić information content (AvgIpc) is 2.27. The van der Waals surface area contributed by atoms with Crippen LogP contribution in [0.3, 0.4) is 0 Å². The van der Waals surface area contributed by atoms with Gasteiger partial charge in [-0.05, 0) is 31.9 Å². The number of aliphatic hydroxyl groups is 1. The number of phenols is 2. The van der Waals surface area contributed by atoms with Crippen LogP contribution in [-0.2, 0) is 0 Å². The number of β-amino-alcohol motifs (C(OH)–C–C–N with tert-alkyl or cyclic N) is 1. The molecule has 3 N–H and O–H groups in total. The fraction of sp³-hybridized carbons (Fsp3) is 0.462. The highest BCUT2D eigenvalue weighted by Gasteiger charge is 2.33. The number of nitrogens with zero attached hydrogens (tertiary/aromatic N) is 1. The largest absolute Gasteiger partial charge is 0.507 e. The minimum absolute atomic E-state index is 0.102. The lowest BCUT2D eigenvalue weighted by Crippen LogP contribution is -2.48. The first-order valence-electron chi connectivity index (χ1n) is 5.93. The molecule has 5 heteroatoms. The van der Waals surface area contributed by atoms with Crippen LogP contribution in [-0.4, -0.2) is 44.8 Å². The number of likely N-dealkylation sites (tertiary alicyclic amines) is 1. The lowest BCUT2D eigenvalue weighted by Gasteiger charge is -2.37. The maximum atomic E-state index is 12.2. The third kappa shape index (κ3) is 2.41. The second-order valence-electron chi connectivity index (χ2n) is 5.00. The van der Waals surface area contributed by atoms with E-state index in [1.54, 1.807) is 6.92 Å². The second-order valence-corrected chi connectivity index (χ2v) is 5.00. The number of hydrogen-bond donors (Lipinski definition) is 3. The Morgan fingerprint density at radius 1 is 1.33 bits per heavy atom. The molecule has 0 saturated carbocycles. The van der Waals surface area contributed by atoms with E-state index in [9.17, 15) is 20.1 Å². The standard InChI is InChI=1S/C13H17NO4/c1-13(18)6-3-7-14(8-13)12(17)11-9(15)4-2-5-10(11)16/h2,4-5,15-16,18H,3,6-8H2,1H3. The number of hydrogen-bond acceptors (Lipinski definition) is 4. The smallest absolute Gasteiger partial charge is 0.261 e. The van der Waals surface area contributed by atoms with Crippen LogP contribution in [0.4, 0.5) is 0 Å². The Morgan fingerprint density at radius 3 is 2.50 bits per heavy atom. The lowest BCUT2D eigenvalue weighted by molar-refractivity contribution is -0.0109. The van der Waals surface area contributed by atoms with Crippen LogP contribution in [0.1, 0.15) is 30.1 Å². The molecular formula is C13H17NO4. The predicted molar refractivity (Wildman–Crippen MR) is 65.5 cm³/mol. The zero-order valence-electron chi connectivity index (χ0n) is 10.3. The Bertz CT molecular complexity index is 450. The summed E-state index contributed by atoms with van der Waals surface area (Å²) in [6, 6.07) is 4.18. The molecule has 18 heavy (non-hydrogen) atoms. The van der Waals surface area contributed by atoms with Crippen molar-refractivity contribution in [3.63, 3.8) is 0 Å². The molecule has 0 spiro atoms. The van der Waals surface area contributed by atoms with E-state index in [-0.39, 0.29) is 23.6 Å². The lowest BCUT2D eigenvalue weighted by atomic mass is 9.94. The summed E-state index contributed by atoms with van der Waals surface area (Å²) < 4.78 is 0. The normalized spacial score (nSPS) is 24.0. The summed E-state index contributed by atoms with van der Waals surface area (Å²) in [5.41, 5.74) is -1.01. The Labute approximate surface area is 105 Å². The van der Waals surface area contributed by atoms with E-state index in [1.807, 2.05) is 0 Å². The molecule has 1 aliphatic rings. The SMILES string of the molecule is CC1(O)CCCN(C(=O)c2c(O)cccc2O)C1. The quantitative estimate of drug-likeness (QED) is 0.697. The highest BCUT2D eigenvalue weighted by molar-refractivity contribution is 5.99. The maximum absolute atomic E-state index is 12.2. The van der Waals surface area contributed by atoms with Crippen LogP contribution in [0, 0.1) is 0 Å². The van der Waals surface area contributed by atoms with Gasteiger partial charge in [-0.1, -0.05) is 6.07 Å². The molecule has 1 unspecified atom stereocenters. The number of amides is 1. The van der Waals surface area contributed by atoms with Gasteiger partial charge in [-0.2, -0.15) is 0 Å². The van der Waals surface area contributed by atoms with Crippen LogP contribution >= 0.6 is 0 Å². The van der Waals surface area contributed by atoms with Crippen molar-refractivity contribution < 1.29 is 20.1 Å². The van der Waals surface area contributed by atoms with Gasteiger partial charge in [0.05, 0.1) is 5.60 Å². The summed E-state index contributed by atoms with van der Waals surface area (Å²) in [5, 5.41) is 29.3. The van der Waals surface area contributed by atoms with Gasteiger partial charge in [0.25, 0.3) is 5.91 Å². The zero-order valence-corrected chi connectivity index (χ0v) is 10.3. The van der Waals surface area contributed by atoms with Crippen LogP contribution in [0.25, 0.3) is 0 Å². The summed E-state index contributed by atoms with van der Waals surface area (Å²) in [6.07, 6.45) is 1.34. The van der Waals surface area contributed by atoms with Crippen molar-refractivity contribution in [1.82, 2.24) is 4.90 Å². The highest BCUT2D eigenvalue weighted by Crippen LogP contribution is 2.30. The molecule has 1 amide bonds. The van der Waals surface area contributed by atoms with E-state index in [2.05, 4.69) is 0 Å². The van der Waals surface area contributed by atoms with Crippen LogP contribution in [0.5, 0.6) is 11.5 Å². The Balaban J connectivity index is 2.26. The first kappa shape index (κ1) is 12.7. The fourth-order valence-electron chi connectivity index (χ4n) is 2.30. The van der Waals surface area contributed by atoms with Crippen molar-refractivity contribution in [3.8, 4) is 11.5 Å². The van der Waals surface area contributed by atoms with Crippen molar-refractivity contribution in [1.29, 1.82) is 0 Å². The van der Waals surface area contributed by atoms with Gasteiger partial charge >= 0.3 is 0 Å². The number of carbonyl (C=O) groups is 1. The molecule has 0 aromatic heterocycles. The van der Waals surface area contributed by atoms with Crippen LogP contribution in [0.15, 0.2) is 18.2 Å². The van der Waals surface area contributed by atoms with E-state index < -0.39 is 11.5 Å². The minimum atomic E-state index is -0.909. The zero-order chi connectivity index (χ0) is 13.3. The number of rotatable bonds is 1. The van der Waals surface area contributed by atoms with Gasteiger partial charge in [0.15, 0.2) is 0 Å². The summed E-state index contributed by atoms with van der Waals surface area (Å²) >= 11 is 0. The highest BCUT2D eigenvalue weighted by atomic mass is 16.3. The molecule has 1 aromatic carbocycles. The third-order valence-electron chi connectivity index (χ3n) is 3.20. The summed E-state index contributed by atoms with van der Waals surface area (Å²) in [4.78, 5) is 13.7. The van der Waals surface area contributed by atoms with E-state index in [0.717, 1.165) is 0 Å². The number of benzene rings is 1. The molecular weight excluding hydrogens is 234 g/mol. The van der Waals surface area contributed by atoms with Crippen molar-refractivity contribution in [2.75, 3.05) is 13.1 Å². The number of piperidine rings is 1. The van der Waals surface area contributed by atoms with Gasteiger partial charge < -0.3 is 20.2 Å². The molecule has 0 bridgehead atoms. The van der Waals surface area contributed by atoms with Crippen LogP contribution in [0.2, 0.25) is 0 Å². The first-order valence-corrected chi connectivity index (χ1v) is 5.93. The van der Waals surface area contributed by atoms with Crippen molar-refractivity contribution in [2.24, 2.45) is 0 Å². The van der Waals surface area contributed by atoms with E-state index in [0.29, 0.717) is 19.4 Å². The Morgan fingerprint density at radius 2 is 1.94 bits per heavy atom. The molecule has 1 saturated heterocycles. The van der Waals surface area contributed by atoms with E-state index >= 15 is 0 Å². The fourth-order valence-corrected chi connectivity index (χ4v) is 2.30. The Kier molecular flexibility index (Phi) is 3.17. The molecule has 0 radical (unpaired) electrons. The molecule has 5 nitrogen and oxygen atoms in total. The number of carbonyl (C=O) groups excluding carboxylic acids is 1. The Hall–Kier alpha value is -1.75. The van der Waals surface area contributed by atoms with Gasteiger partial charge in [-0.25, -0.2) is 0 Å². The molecule has 1 fully saturated rings. The van der Waals surface area contributed by atoms with Gasteiger partial charge in [-0.3, -0.25) is 4.79 Å². The van der Waals surface area contributed by atoms with E-state index in [4.69, 9.17) is 0 Å². The molecule has 1 aliphatic heterocycles. The van der Waals surface area contributed by atoms with Gasteiger partial charge in [0, 0.05) is 13.1 Å². The third-order valence-corrected chi connectivity index (χ3v) is 3.20. The summed E-state index contributed by atoms with van der Waals surface area (Å²) in [6.45, 7) is 2.40. The first-order chi connectivity index (χ1) is 8.41. The van der Waals surface area contributed by atoms with Gasteiger partial charge in [0.1, 0.15) is 17.1 Å². The molecule has 2 rings (SSSR count). The second kappa shape index (κ2) is 4.49. The van der Waals surface area contributed by atoms with Crippen molar-refractivity contribution >= 4 is 5.91 Å². The maximum Gasteiger partial charge on any atom is 0.261 e. The van der Waals surface area contributed by atoms with Crippen LogP contribution < -0.4 is 0 Å². The molecule has 98 valence electrons. The van der Waals surface area contributed by atoms with Gasteiger partial charge in [-0.15, -0.1) is 0 Å². The average molecular weight is 251 g/mol. The number of aromatic hydroxyl groups is 2. The minimum Gasteiger partial charge on any atom is -0.507 e. The summed E-state index contributed by atoms with van der Waals surface area (Å²) in [5.74, 6) is -0.944. The molecule has 0 aliphatic carbocycles. The topological polar surface area (TPSA) is 81.0 Å². The van der Waals surface area contributed by atoms with E-state index in [1.165, 1.54) is 23.1 Å². The number of phenolic OH excluding ortho intramolecular Hbond substituents is 2. The molecule has 1 atom stereocenters. The monoisotopic (exact) mass is 251 g/mol. The van der Waals surface area contributed by atoms with Gasteiger partial charge in [0.2, 0.25) is 0 Å². The molecule has 1 aromatic rings. The molecule has 1 heterocycles.